The highest BCUT2D eigenvalue weighted by molar-refractivity contribution is 6.07. The number of halogens is 3. The summed E-state index contributed by atoms with van der Waals surface area (Å²) < 4.78 is 43.4. The molecule has 0 radical (unpaired) electrons. The number of nitrogens with zero attached hydrogens (tertiary/aromatic N) is 2. The van der Waals surface area contributed by atoms with Crippen LogP contribution in [-0.4, -0.2) is 23.1 Å². The lowest BCUT2D eigenvalue weighted by molar-refractivity contribution is -0.136. The molecule has 0 atom stereocenters. The summed E-state index contributed by atoms with van der Waals surface area (Å²) in [5.41, 5.74) is -1.43. The average Bonchev–Trinajstić information content (AvgIpc) is 2.82. The van der Waals surface area contributed by atoms with E-state index in [0.29, 0.717) is 5.82 Å². The normalized spacial score (nSPS) is 11.3. The van der Waals surface area contributed by atoms with Crippen LogP contribution < -0.4 is 10.6 Å². The Morgan fingerprint density at radius 2 is 2.05 bits per heavy atom. The van der Waals surface area contributed by atoms with Gasteiger partial charge in [-0.1, -0.05) is 11.2 Å². The average molecular weight is 300 g/mol. The fourth-order valence-corrected chi connectivity index (χ4v) is 1.76. The smallest absolute Gasteiger partial charge is 0.387 e. The van der Waals surface area contributed by atoms with E-state index in [0.717, 1.165) is 12.1 Å². The molecule has 112 valence electrons. The van der Waals surface area contributed by atoms with E-state index in [1.165, 1.54) is 13.1 Å². The molecule has 1 aromatic carbocycles. The molecule has 2 aromatic rings. The molecule has 1 heterocycles. The van der Waals surface area contributed by atoms with E-state index >= 15 is 0 Å². The number of aryl methyl sites for hydroxylation is 1. The number of anilines is 2. The van der Waals surface area contributed by atoms with Crippen LogP contribution in [0.1, 0.15) is 21.7 Å². The van der Waals surface area contributed by atoms with Gasteiger partial charge in [0.25, 0.3) is 5.91 Å². The molecule has 6 nitrogen and oxygen atoms in total. The van der Waals surface area contributed by atoms with E-state index in [1.807, 2.05) is 0 Å². The number of hydrogen-bond acceptors (Lipinski definition) is 5. The van der Waals surface area contributed by atoms with E-state index in [4.69, 9.17) is 4.52 Å². The molecule has 2 N–H and O–H groups in total. The fraction of sp³-hybridized carbons (Fsp3) is 0.250. The van der Waals surface area contributed by atoms with Gasteiger partial charge in [-0.05, 0) is 19.1 Å². The number of para-hydroxylation sites is 1. The van der Waals surface area contributed by atoms with Gasteiger partial charge < -0.3 is 9.84 Å². The number of rotatable bonds is 3. The van der Waals surface area contributed by atoms with Gasteiger partial charge in [0.05, 0.1) is 16.8 Å². The first-order valence-electron chi connectivity index (χ1n) is 5.82. The molecule has 1 aromatic heterocycles. The standard InChI is InChI=1S/C12H11F3N4O2/c1-6-17-11(21-19-6)18-10(20)7-4-3-5-8(9(7)16-2)12(13,14)15/h3-5,16H,1-2H3,(H,17,18,19,20). The second-order valence-electron chi connectivity index (χ2n) is 4.08. The Morgan fingerprint density at radius 3 is 2.57 bits per heavy atom. The Labute approximate surface area is 117 Å². The minimum atomic E-state index is -4.57. The molecule has 21 heavy (non-hydrogen) atoms. The Bertz CT molecular complexity index is 667. The van der Waals surface area contributed by atoms with Crippen LogP contribution in [0.25, 0.3) is 0 Å². The molecular formula is C12H11F3N4O2. The Balaban J connectivity index is 2.37. The van der Waals surface area contributed by atoms with Gasteiger partial charge in [-0.25, -0.2) is 0 Å². The summed E-state index contributed by atoms with van der Waals surface area (Å²) in [4.78, 5) is 15.8. The lowest BCUT2D eigenvalue weighted by atomic mass is 10.1. The maximum Gasteiger partial charge on any atom is 0.418 e. The highest BCUT2D eigenvalue weighted by atomic mass is 19.4. The molecule has 0 bridgehead atoms. The predicted molar refractivity (Wildman–Crippen MR) is 68.0 cm³/mol. The molecule has 0 saturated carbocycles. The largest absolute Gasteiger partial charge is 0.418 e. The molecule has 0 aliphatic heterocycles. The minimum absolute atomic E-state index is 0.178. The van der Waals surface area contributed by atoms with Crippen molar-refractivity contribution in [2.24, 2.45) is 0 Å². The van der Waals surface area contributed by atoms with Crippen molar-refractivity contribution in [3.8, 4) is 0 Å². The van der Waals surface area contributed by atoms with Gasteiger partial charge in [-0.15, -0.1) is 0 Å². The van der Waals surface area contributed by atoms with Crippen molar-refractivity contribution in [2.75, 3.05) is 17.7 Å². The van der Waals surface area contributed by atoms with Gasteiger partial charge >= 0.3 is 12.2 Å². The van der Waals surface area contributed by atoms with Crippen molar-refractivity contribution in [3.63, 3.8) is 0 Å². The quantitative estimate of drug-likeness (QED) is 0.911. The maximum absolute atomic E-state index is 12.9. The highest BCUT2D eigenvalue weighted by Crippen LogP contribution is 2.36. The van der Waals surface area contributed by atoms with Gasteiger partial charge in [-0.3, -0.25) is 10.1 Å². The SMILES string of the molecule is CNc1c(C(=O)Nc2nc(C)no2)cccc1C(F)(F)F. The molecule has 0 saturated heterocycles. The van der Waals surface area contributed by atoms with Crippen LogP contribution in [0.4, 0.5) is 24.9 Å². The van der Waals surface area contributed by atoms with Crippen LogP contribution in [0, 0.1) is 6.92 Å². The number of benzene rings is 1. The van der Waals surface area contributed by atoms with E-state index < -0.39 is 17.6 Å². The van der Waals surface area contributed by atoms with Crippen LogP contribution in [0.5, 0.6) is 0 Å². The van der Waals surface area contributed by atoms with Crippen LogP contribution in [0.3, 0.4) is 0 Å². The van der Waals surface area contributed by atoms with Crippen molar-refractivity contribution in [1.29, 1.82) is 0 Å². The van der Waals surface area contributed by atoms with E-state index in [9.17, 15) is 18.0 Å². The molecule has 0 spiro atoms. The summed E-state index contributed by atoms with van der Waals surface area (Å²) in [7, 11) is 1.30. The molecule has 9 heteroatoms. The molecule has 0 aliphatic rings. The summed E-state index contributed by atoms with van der Waals surface area (Å²) >= 11 is 0. The number of nitrogens with one attached hydrogen (secondary N) is 2. The Kier molecular flexibility index (Phi) is 3.83. The summed E-state index contributed by atoms with van der Waals surface area (Å²) in [6.45, 7) is 1.54. The zero-order chi connectivity index (χ0) is 15.6. The summed E-state index contributed by atoms with van der Waals surface area (Å²) in [5.74, 6) is -0.489. The Hall–Kier alpha value is -2.58. The number of carbonyl (C=O) groups is 1. The van der Waals surface area contributed by atoms with Gasteiger partial charge in [0.15, 0.2) is 5.82 Å². The van der Waals surface area contributed by atoms with Crippen LogP contribution >= 0.6 is 0 Å². The number of hydrogen-bond donors (Lipinski definition) is 2. The molecule has 0 fully saturated rings. The third kappa shape index (κ3) is 3.12. The first kappa shape index (κ1) is 14.8. The van der Waals surface area contributed by atoms with Crippen molar-refractivity contribution >= 4 is 17.6 Å². The predicted octanol–water partition coefficient (Wildman–Crippen LogP) is 2.69. The fourth-order valence-electron chi connectivity index (χ4n) is 1.76. The lowest BCUT2D eigenvalue weighted by Crippen LogP contribution is -2.17. The lowest BCUT2D eigenvalue weighted by Gasteiger charge is -2.15. The van der Waals surface area contributed by atoms with E-state index in [-0.39, 0.29) is 17.3 Å². The molecule has 0 unspecified atom stereocenters. The van der Waals surface area contributed by atoms with Gasteiger partial charge in [-0.2, -0.15) is 18.2 Å². The molecule has 2 rings (SSSR count). The number of amides is 1. The number of aromatic nitrogens is 2. The van der Waals surface area contributed by atoms with Gasteiger partial charge in [0.1, 0.15) is 0 Å². The second kappa shape index (κ2) is 5.43. The first-order valence-corrected chi connectivity index (χ1v) is 5.82. The zero-order valence-corrected chi connectivity index (χ0v) is 11.1. The third-order valence-corrected chi connectivity index (χ3v) is 2.61. The highest BCUT2D eigenvalue weighted by Gasteiger charge is 2.35. The number of carbonyl (C=O) groups excluding carboxylic acids is 1. The van der Waals surface area contributed by atoms with Crippen molar-refractivity contribution < 1.29 is 22.5 Å². The Morgan fingerprint density at radius 1 is 1.33 bits per heavy atom. The van der Waals surface area contributed by atoms with Crippen LogP contribution in [-0.2, 0) is 6.18 Å². The van der Waals surface area contributed by atoms with Crippen molar-refractivity contribution in [1.82, 2.24) is 10.1 Å². The molecular weight excluding hydrogens is 289 g/mol. The van der Waals surface area contributed by atoms with E-state index in [1.54, 1.807) is 6.92 Å². The monoisotopic (exact) mass is 300 g/mol. The first-order chi connectivity index (χ1) is 9.82. The van der Waals surface area contributed by atoms with E-state index in [2.05, 4.69) is 20.8 Å². The minimum Gasteiger partial charge on any atom is -0.387 e. The molecule has 1 amide bonds. The summed E-state index contributed by atoms with van der Waals surface area (Å²) in [6.07, 6.45) is -4.57. The van der Waals surface area contributed by atoms with Crippen molar-refractivity contribution in [3.05, 3.63) is 35.2 Å². The third-order valence-electron chi connectivity index (χ3n) is 2.61. The zero-order valence-electron chi connectivity index (χ0n) is 11.1. The van der Waals surface area contributed by atoms with Gasteiger partial charge in [0.2, 0.25) is 0 Å². The molecule has 0 aliphatic carbocycles. The topological polar surface area (TPSA) is 80.0 Å². The second-order valence-corrected chi connectivity index (χ2v) is 4.08. The van der Waals surface area contributed by atoms with Crippen molar-refractivity contribution in [2.45, 2.75) is 13.1 Å². The van der Waals surface area contributed by atoms with Crippen LogP contribution in [0.2, 0.25) is 0 Å². The summed E-state index contributed by atoms with van der Waals surface area (Å²) in [6, 6.07) is 3.12. The van der Waals surface area contributed by atoms with Gasteiger partial charge in [0, 0.05) is 7.05 Å². The van der Waals surface area contributed by atoms with Crippen LogP contribution in [0.15, 0.2) is 22.7 Å². The number of alkyl halides is 3. The summed E-state index contributed by atoms with van der Waals surface area (Å²) in [5, 5.41) is 8.11. The maximum atomic E-state index is 12.9.